The SMILES string of the molecule is CCc1cccc(C)c1NC(=O)c1cc(NCCC(C)C)ccn1. The zero-order chi connectivity index (χ0) is 17.5. The predicted molar refractivity (Wildman–Crippen MR) is 101 cm³/mol. The molecule has 1 aromatic carbocycles. The van der Waals surface area contributed by atoms with Gasteiger partial charge in [-0.25, -0.2) is 0 Å². The van der Waals surface area contributed by atoms with E-state index in [1.54, 1.807) is 12.3 Å². The van der Waals surface area contributed by atoms with Crippen LogP contribution in [0.4, 0.5) is 11.4 Å². The molecular formula is C20H27N3O. The monoisotopic (exact) mass is 325 g/mol. The van der Waals surface area contributed by atoms with E-state index in [0.29, 0.717) is 11.6 Å². The maximum absolute atomic E-state index is 12.6. The summed E-state index contributed by atoms with van der Waals surface area (Å²) in [6.07, 6.45) is 3.64. The Labute approximate surface area is 144 Å². The van der Waals surface area contributed by atoms with Crippen molar-refractivity contribution in [2.24, 2.45) is 5.92 Å². The van der Waals surface area contributed by atoms with Crippen LogP contribution in [0.5, 0.6) is 0 Å². The molecule has 2 rings (SSSR count). The summed E-state index contributed by atoms with van der Waals surface area (Å²) >= 11 is 0. The summed E-state index contributed by atoms with van der Waals surface area (Å²) in [5, 5.41) is 6.37. The molecule has 0 aliphatic rings. The van der Waals surface area contributed by atoms with Gasteiger partial charge < -0.3 is 10.6 Å². The minimum atomic E-state index is -0.175. The first-order valence-corrected chi connectivity index (χ1v) is 8.61. The molecule has 1 heterocycles. The Bertz CT molecular complexity index is 695. The number of rotatable bonds is 7. The molecule has 0 radical (unpaired) electrons. The summed E-state index contributed by atoms with van der Waals surface area (Å²) in [7, 11) is 0. The number of hydrogen-bond donors (Lipinski definition) is 2. The lowest BCUT2D eigenvalue weighted by molar-refractivity contribution is 0.102. The molecule has 1 aromatic heterocycles. The van der Waals surface area contributed by atoms with E-state index in [0.717, 1.165) is 41.9 Å². The van der Waals surface area contributed by atoms with Gasteiger partial charge in [-0.1, -0.05) is 39.0 Å². The number of para-hydroxylation sites is 1. The second-order valence-electron chi connectivity index (χ2n) is 6.46. The van der Waals surface area contributed by atoms with E-state index in [1.165, 1.54) is 0 Å². The van der Waals surface area contributed by atoms with Crippen molar-refractivity contribution in [3.05, 3.63) is 53.3 Å². The van der Waals surface area contributed by atoms with Gasteiger partial charge in [0.25, 0.3) is 5.91 Å². The third-order valence-electron chi connectivity index (χ3n) is 4.02. The molecule has 2 N–H and O–H groups in total. The van der Waals surface area contributed by atoms with Crippen molar-refractivity contribution in [2.75, 3.05) is 17.2 Å². The van der Waals surface area contributed by atoms with Crippen LogP contribution in [0.1, 0.15) is 48.8 Å². The Morgan fingerprint density at radius 2 is 2.04 bits per heavy atom. The number of carbonyl (C=O) groups excluding carboxylic acids is 1. The van der Waals surface area contributed by atoms with E-state index in [-0.39, 0.29) is 5.91 Å². The lowest BCUT2D eigenvalue weighted by atomic mass is 10.1. The summed E-state index contributed by atoms with van der Waals surface area (Å²) in [5.74, 6) is 0.474. The Morgan fingerprint density at radius 1 is 1.25 bits per heavy atom. The van der Waals surface area contributed by atoms with Crippen LogP contribution in [-0.4, -0.2) is 17.4 Å². The molecule has 128 valence electrons. The first kappa shape index (κ1) is 18.0. The van der Waals surface area contributed by atoms with E-state index in [1.807, 2.05) is 31.2 Å². The van der Waals surface area contributed by atoms with Crippen molar-refractivity contribution in [2.45, 2.75) is 40.5 Å². The maximum Gasteiger partial charge on any atom is 0.274 e. The number of nitrogens with one attached hydrogen (secondary N) is 2. The molecule has 1 amide bonds. The molecule has 0 saturated carbocycles. The molecule has 4 nitrogen and oxygen atoms in total. The normalized spacial score (nSPS) is 10.7. The fraction of sp³-hybridized carbons (Fsp3) is 0.400. The van der Waals surface area contributed by atoms with Crippen molar-refractivity contribution < 1.29 is 4.79 Å². The van der Waals surface area contributed by atoms with Gasteiger partial charge in [-0.05, 0) is 48.9 Å². The Hall–Kier alpha value is -2.36. The summed E-state index contributed by atoms with van der Waals surface area (Å²) in [6.45, 7) is 9.37. The van der Waals surface area contributed by atoms with Crippen LogP contribution in [0.3, 0.4) is 0 Å². The van der Waals surface area contributed by atoms with Gasteiger partial charge in [0.05, 0.1) is 0 Å². The smallest absolute Gasteiger partial charge is 0.274 e. The first-order chi connectivity index (χ1) is 11.5. The highest BCUT2D eigenvalue weighted by Crippen LogP contribution is 2.22. The molecule has 0 unspecified atom stereocenters. The molecule has 0 aliphatic carbocycles. The average molecular weight is 325 g/mol. The van der Waals surface area contributed by atoms with Crippen LogP contribution >= 0.6 is 0 Å². The molecule has 0 spiro atoms. The molecule has 0 fully saturated rings. The zero-order valence-electron chi connectivity index (χ0n) is 15.0. The number of benzene rings is 1. The zero-order valence-corrected chi connectivity index (χ0v) is 15.0. The highest BCUT2D eigenvalue weighted by atomic mass is 16.1. The second-order valence-corrected chi connectivity index (χ2v) is 6.46. The number of nitrogens with zero attached hydrogens (tertiary/aromatic N) is 1. The largest absolute Gasteiger partial charge is 0.385 e. The minimum absolute atomic E-state index is 0.175. The number of aryl methyl sites for hydroxylation is 2. The van der Waals surface area contributed by atoms with Gasteiger partial charge in [0.1, 0.15) is 5.69 Å². The number of carbonyl (C=O) groups is 1. The van der Waals surface area contributed by atoms with Crippen LogP contribution in [0.25, 0.3) is 0 Å². The summed E-state index contributed by atoms with van der Waals surface area (Å²) in [4.78, 5) is 16.8. The van der Waals surface area contributed by atoms with Crippen molar-refractivity contribution in [1.82, 2.24) is 4.98 Å². The highest BCUT2D eigenvalue weighted by Gasteiger charge is 2.12. The quantitative estimate of drug-likeness (QED) is 0.778. The van der Waals surface area contributed by atoms with Crippen LogP contribution in [0, 0.1) is 12.8 Å². The van der Waals surface area contributed by atoms with Crippen molar-refractivity contribution in [3.63, 3.8) is 0 Å². The number of hydrogen-bond acceptors (Lipinski definition) is 3. The van der Waals surface area contributed by atoms with E-state index in [9.17, 15) is 4.79 Å². The lowest BCUT2D eigenvalue weighted by Gasteiger charge is -2.13. The predicted octanol–water partition coefficient (Wildman–Crippen LogP) is 4.66. The molecule has 4 heteroatoms. The number of amides is 1. The molecule has 0 bridgehead atoms. The number of anilines is 2. The summed E-state index contributed by atoms with van der Waals surface area (Å²) < 4.78 is 0. The average Bonchev–Trinajstić information content (AvgIpc) is 2.56. The van der Waals surface area contributed by atoms with Gasteiger partial charge in [-0.2, -0.15) is 0 Å². The lowest BCUT2D eigenvalue weighted by Crippen LogP contribution is -2.16. The van der Waals surface area contributed by atoms with Gasteiger partial charge in [-0.3, -0.25) is 9.78 Å². The molecule has 0 saturated heterocycles. The fourth-order valence-corrected chi connectivity index (χ4v) is 2.55. The molecular weight excluding hydrogens is 298 g/mol. The van der Waals surface area contributed by atoms with Crippen LogP contribution < -0.4 is 10.6 Å². The van der Waals surface area contributed by atoms with Crippen LogP contribution in [0.15, 0.2) is 36.5 Å². The third kappa shape index (κ3) is 4.82. The second kappa shape index (κ2) is 8.48. The number of aromatic nitrogens is 1. The topological polar surface area (TPSA) is 54.0 Å². The first-order valence-electron chi connectivity index (χ1n) is 8.61. The van der Waals surface area contributed by atoms with E-state index in [2.05, 4.69) is 36.4 Å². The van der Waals surface area contributed by atoms with Gasteiger partial charge >= 0.3 is 0 Å². The summed E-state index contributed by atoms with van der Waals surface area (Å²) in [5.41, 5.74) is 4.44. The van der Waals surface area contributed by atoms with Crippen molar-refractivity contribution >= 4 is 17.3 Å². The van der Waals surface area contributed by atoms with Crippen molar-refractivity contribution in [3.8, 4) is 0 Å². The highest BCUT2D eigenvalue weighted by molar-refractivity contribution is 6.04. The standard InChI is InChI=1S/C20H27N3O/c1-5-16-8-6-7-15(4)19(16)23-20(24)18-13-17(10-12-22-18)21-11-9-14(2)3/h6-8,10,12-14H,5,9,11H2,1-4H3,(H,21,22)(H,23,24). The summed E-state index contributed by atoms with van der Waals surface area (Å²) in [6, 6.07) is 9.76. The molecule has 0 aliphatic heterocycles. The van der Waals surface area contributed by atoms with Gasteiger partial charge in [-0.15, -0.1) is 0 Å². The van der Waals surface area contributed by atoms with Crippen LogP contribution in [-0.2, 0) is 6.42 Å². The van der Waals surface area contributed by atoms with E-state index < -0.39 is 0 Å². The van der Waals surface area contributed by atoms with E-state index in [4.69, 9.17) is 0 Å². The molecule has 2 aromatic rings. The van der Waals surface area contributed by atoms with Gasteiger partial charge in [0, 0.05) is 24.1 Å². The Balaban J connectivity index is 2.10. The van der Waals surface area contributed by atoms with Gasteiger partial charge in [0.15, 0.2) is 0 Å². The molecule has 0 atom stereocenters. The Morgan fingerprint density at radius 3 is 2.75 bits per heavy atom. The fourth-order valence-electron chi connectivity index (χ4n) is 2.55. The number of pyridine rings is 1. The van der Waals surface area contributed by atoms with E-state index >= 15 is 0 Å². The maximum atomic E-state index is 12.6. The minimum Gasteiger partial charge on any atom is -0.385 e. The molecule has 24 heavy (non-hydrogen) atoms. The van der Waals surface area contributed by atoms with Gasteiger partial charge in [0.2, 0.25) is 0 Å². The van der Waals surface area contributed by atoms with Crippen molar-refractivity contribution in [1.29, 1.82) is 0 Å². The Kier molecular flexibility index (Phi) is 6.36. The van der Waals surface area contributed by atoms with Crippen LogP contribution in [0.2, 0.25) is 0 Å². The third-order valence-corrected chi connectivity index (χ3v) is 4.02.